The topological polar surface area (TPSA) is 51.0 Å². The second-order valence-corrected chi connectivity index (χ2v) is 7.38. The lowest BCUT2D eigenvalue weighted by Gasteiger charge is -2.33. The zero-order chi connectivity index (χ0) is 19.3. The molecule has 5 heteroatoms. The molecule has 5 nitrogen and oxygen atoms in total. The summed E-state index contributed by atoms with van der Waals surface area (Å²) < 4.78 is 2.19. The van der Waals surface area contributed by atoms with Gasteiger partial charge in [-0.15, -0.1) is 0 Å². The van der Waals surface area contributed by atoms with E-state index in [-0.39, 0.29) is 11.8 Å². The lowest BCUT2D eigenvalue weighted by molar-refractivity contribution is 0.0702. The van der Waals surface area contributed by atoms with Crippen molar-refractivity contribution in [2.75, 3.05) is 13.1 Å². The fourth-order valence-corrected chi connectivity index (χ4v) is 4.08. The summed E-state index contributed by atoms with van der Waals surface area (Å²) in [6.07, 6.45) is 10.5. The van der Waals surface area contributed by atoms with Crippen LogP contribution < -0.4 is 0 Å². The molecule has 1 amide bonds. The van der Waals surface area contributed by atoms with Crippen molar-refractivity contribution in [1.29, 1.82) is 0 Å². The quantitative estimate of drug-likeness (QED) is 0.680. The highest BCUT2D eigenvalue weighted by atomic mass is 16.2. The first kappa shape index (κ1) is 18.4. The molecule has 144 valence electrons. The summed E-state index contributed by atoms with van der Waals surface area (Å²) in [5.41, 5.74) is 3.11. The number of hydrogen-bond donors (Lipinski definition) is 0. The van der Waals surface area contributed by atoms with Crippen LogP contribution in [0.25, 0.3) is 0 Å². The SMILES string of the molecule is CCc1ccccc1C(=O)N1CCC[C@@H](c2nccn2Cc2cccnc2)C1. The maximum atomic E-state index is 13.2. The Morgan fingerprint density at radius 2 is 2.07 bits per heavy atom. The number of aryl methyl sites for hydroxylation is 1. The number of hydrogen-bond acceptors (Lipinski definition) is 3. The average molecular weight is 374 g/mol. The molecule has 1 atom stereocenters. The van der Waals surface area contributed by atoms with Crippen LogP contribution in [0, 0.1) is 0 Å². The van der Waals surface area contributed by atoms with E-state index in [9.17, 15) is 4.79 Å². The normalized spacial score (nSPS) is 16.9. The largest absolute Gasteiger partial charge is 0.338 e. The van der Waals surface area contributed by atoms with Gasteiger partial charge in [-0.3, -0.25) is 9.78 Å². The molecular formula is C23H26N4O. The van der Waals surface area contributed by atoms with Crippen molar-refractivity contribution in [3.05, 3.63) is 83.7 Å². The molecule has 0 aliphatic carbocycles. The molecule has 0 spiro atoms. The van der Waals surface area contributed by atoms with Gasteiger partial charge < -0.3 is 9.47 Å². The zero-order valence-electron chi connectivity index (χ0n) is 16.3. The number of piperidine rings is 1. The first-order chi connectivity index (χ1) is 13.8. The molecule has 0 radical (unpaired) electrons. The second-order valence-electron chi connectivity index (χ2n) is 7.38. The van der Waals surface area contributed by atoms with Gasteiger partial charge in [0.25, 0.3) is 5.91 Å². The Bertz CT molecular complexity index is 935. The third-order valence-electron chi connectivity index (χ3n) is 5.53. The van der Waals surface area contributed by atoms with E-state index in [0.29, 0.717) is 0 Å². The minimum Gasteiger partial charge on any atom is -0.338 e. The van der Waals surface area contributed by atoms with Crippen molar-refractivity contribution in [2.45, 2.75) is 38.6 Å². The number of carbonyl (C=O) groups excluding carboxylic acids is 1. The van der Waals surface area contributed by atoms with Gasteiger partial charge >= 0.3 is 0 Å². The van der Waals surface area contributed by atoms with Crippen LogP contribution in [0.2, 0.25) is 0 Å². The number of rotatable bonds is 5. The molecule has 1 fully saturated rings. The molecule has 0 N–H and O–H groups in total. The smallest absolute Gasteiger partial charge is 0.254 e. The maximum Gasteiger partial charge on any atom is 0.254 e. The molecule has 28 heavy (non-hydrogen) atoms. The van der Waals surface area contributed by atoms with Gasteiger partial charge in [0.15, 0.2) is 0 Å². The number of aromatic nitrogens is 3. The number of benzene rings is 1. The average Bonchev–Trinajstić information content (AvgIpc) is 3.22. The van der Waals surface area contributed by atoms with E-state index in [1.165, 1.54) is 0 Å². The lowest BCUT2D eigenvalue weighted by atomic mass is 9.95. The van der Waals surface area contributed by atoms with E-state index < -0.39 is 0 Å². The first-order valence-electron chi connectivity index (χ1n) is 10.0. The Labute approximate surface area is 166 Å². The molecule has 4 rings (SSSR count). The van der Waals surface area contributed by atoms with Crippen LogP contribution in [-0.4, -0.2) is 38.4 Å². The molecule has 3 aromatic rings. The molecule has 1 aromatic carbocycles. The highest BCUT2D eigenvalue weighted by Crippen LogP contribution is 2.28. The minimum absolute atomic E-state index is 0.146. The summed E-state index contributed by atoms with van der Waals surface area (Å²) in [7, 11) is 0. The van der Waals surface area contributed by atoms with Crippen molar-refractivity contribution in [3.8, 4) is 0 Å². The summed E-state index contributed by atoms with van der Waals surface area (Å²) in [4.78, 5) is 24.0. The molecule has 0 saturated carbocycles. The van der Waals surface area contributed by atoms with Crippen molar-refractivity contribution in [3.63, 3.8) is 0 Å². The van der Waals surface area contributed by atoms with Gasteiger partial charge in [-0.2, -0.15) is 0 Å². The summed E-state index contributed by atoms with van der Waals surface area (Å²) in [5, 5.41) is 0. The summed E-state index contributed by atoms with van der Waals surface area (Å²) in [5.74, 6) is 1.47. The van der Waals surface area contributed by atoms with Crippen LogP contribution in [0.5, 0.6) is 0 Å². The third-order valence-corrected chi connectivity index (χ3v) is 5.53. The van der Waals surface area contributed by atoms with Crippen molar-refractivity contribution in [2.24, 2.45) is 0 Å². The fraction of sp³-hybridized carbons (Fsp3) is 0.348. The van der Waals surface area contributed by atoms with E-state index in [4.69, 9.17) is 0 Å². The van der Waals surface area contributed by atoms with E-state index in [2.05, 4.69) is 33.6 Å². The van der Waals surface area contributed by atoms with Gasteiger partial charge in [-0.25, -0.2) is 4.98 Å². The molecule has 1 saturated heterocycles. The molecule has 2 aromatic heterocycles. The van der Waals surface area contributed by atoms with E-state index in [1.807, 2.05) is 47.8 Å². The molecule has 1 aliphatic heterocycles. The number of pyridine rings is 1. The number of imidazole rings is 1. The number of likely N-dealkylation sites (tertiary alicyclic amines) is 1. The highest BCUT2D eigenvalue weighted by Gasteiger charge is 2.28. The van der Waals surface area contributed by atoms with Crippen LogP contribution in [0.15, 0.2) is 61.2 Å². The van der Waals surface area contributed by atoms with Crippen LogP contribution in [-0.2, 0) is 13.0 Å². The zero-order valence-corrected chi connectivity index (χ0v) is 16.3. The maximum absolute atomic E-state index is 13.2. The fourth-order valence-electron chi connectivity index (χ4n) is 4.08. The van der Waals surface area contributed by atoms with Gasteiger partial charge in [0, 0.05) is 49.4 Å². The summed E-state index contributed by atoms with van der Waals surface area (Å²) in [6, 6.07) is 12.0. The Morgan fingerprint density at radius 1 is 1.18 bits per heavy atom. The number of nitrogens with zero attached hydrogens (tertiary/aromatic N) is 4. The van der Waals surface area contributed by atoms with Gasteiger partial charge in [0.05, 0.1) is 6.54 Å². The summed E-state index contributed by atoms with van der Waals surface area (Å²) in [6.45, 7) is 4.39. The van der Waals surface area contributed by atoms with Crippen LogP contribution in [0.1, 0.15) is 53.0 Å². The predicted octanol–water partition coefficient (Wildman–Crippen LogP) is 3.91. The third kappa shape index (κ3) is 3.84. The molecule has 0 bridgehead atoms. The number of carbonyl (C=O) groups is 1. The summed E-state index contributed by atoms with van der Waals surface area (Å²) >= 11 is 0. The molecule has 1 aliphatic rings. The van der Waals surface area contributed by atoms with Crippen molar-refractivity contribution < 1.29 is 4.79 Å². The van der Waals surface area contributed by atoms with Gasteiger partial charge in [0.2, 0.25) is 0 Å². The van der Waals surface area contributed by atoms with Crippen molar-refractivity contribution in [1.82, 2.24) is 19.4 Å². The predicted molar refractivity (Wildman–Crippen MR) is 109 cm³/mol. The molecule has 0 unspecified atom stereocenters. The highest BCUT2D eigenvalue weighted by molar-refractivity contribution is 5.95. The van der Waals surface area contributed by atoms with Crippen LogP contribution in [0.4, 0.5) is 0 Å². The van der Waals surface area contributed by atoms with Crippen LogP contribution in [0.3, 0.4) is 0 Å². The Morgan fingerprint density at radius 3 is 2.89 bits per heavy atom. The second kappa shape index (κ2) is 8.38. The monoisotopic (exact) mass is 374 g/mol. The van der Waals surface area contributed by atoms with Crippen molar-refractivity contribution >= 4 is 5.91 Å². The standard InChI is InChI=1S/C23H26N4O/c1-2-19-8-3-4-10-21(19)23(28)27-13-6-9-20(17-27)22-25-12-14-26(22)16-18-7-5-11-24-15-18/h3-5,7-8,10-12,14-15,20H,2,6,9,13,16-17H2,1H3/t20-/m1/s1. The van der Waals surface area contributed by atoms with E-state index in [0.717, 1.165) is 61.4 Å². The Kier molecular flexibility index (Phi) is 5.51. The van der Waals surface area contributed by atoms with E-state index >= 15 is 0 Å². The molecular weight excluding hydrogens is 348 g/mol. The lowest BCUT2D eigenvalue weighted by Crippen LogP contribution is -2.40. The van der Waals surface area contributed by atoms with Crippen LogP contribution >= 0.6 is 0 Å². The van der Waals surface area contributed by atoms with E-state index in [1.54, 1.807) is 6.20 Å². The van der Waals surface area contributed by atoms with Gasteiger partial charge in [-0.1, -0.05) is 31.2 Å². The Balaban J connectivity index is 1.52. The van der Waals surface area contributed by atoms with Gasteiger partial charge in [0.1, 0.15) is 5.82 Å². The minimum atomic E-state index is 0.146. The molecule has 3 heterocycles. The number of amides is 1. The first-order valence-corrected chi connectivity index (χ1v) is 10.0. The Hall–Kier alpha value is -2.95. The van der Waals surface area contributed by atoms with Gasteiger partial charge in [-0.05, 0) is 42.5 Å².